The number of amides is 1. The second-order valence-electron chi connectivity index (χ2n) is 7.68. The van der Waals surface area contributed by atoms with Crippen molar-refractivity contribution in [3.8, 4) is 0 Å². The molecule has 32 heavy (non-hydrogen) atoms. The van der Waals surface area contributed by atoms with Gasteiger partial charge >= 0.3 is 0 Å². The number of rotatable bonds is 5. The number of fused-ring (bicyclic) bond motifs is 1. The molecule has 0 saturated carbocycles. The molecule has 1 atom stereocenters. The van der Waals surface area contributed by atoms with Gasteiger partial charge in [0.2, 0.25) is 5.78 Å². The number of Topliss-reactive ketones (excluding diaryl/α,β-unsaturated/α-hetero) is 1. The number of thiazole rings is 1. The molecule has 4 heterocycles. The average molecular weight is 449 g/mol. The molecule has 1 aromatic carbocycles. The Hall–Kier alpha value is -3.65. The summed E-state index contributed by atoms with van der Waals surface area (Å²) in [7, 11) is 0. The van der Waals surface area contributed by atoms with Gasteiger partial charge in [-0.3, -0.25) is 14.5 Å². The molecule has 162 valence electrons. The summed E-state index contributed by atoms with van der Waals surface area (Å²) in [6.07, 6.45) is 0.879. The lowest BCUT2D eigenvalue weighted by Gasteiger charge is -2.21. The number of carbonyl (C=O) groups is 2. The summed E-state index contributed by atoms with van der Waals surface area (Å²) in [5.41, 5.74) is 1.81. The van der Waals surface area contributed by atoms with E-state index in [9.17, 15) is 14.7 Å². The molecule has 1 N–H and O–H groups in total. The third-order valence-corrected chi connectivity index (χ3v) is 6.52. The monoisotopic (exact) mass is 448 g/mol. The number of anilines is 1. The zero-order chi connectivity index (χ0) is 22.6. The predicted octanol–water partition coefficient (Wildman–Crippen LogP) is 5.44. The number of hydrogen-bond donors (Lipinski definition) is 1. The maximum Gasteiger partial charge on any atom is 0.296 e. The molecular weight excluding hydrogens is 428 g/mol. The van der Waals surface area contributed by atoms with Crippen molar-refractivity contribution in [2.75, 3.05) is 4.90 Å². The molecule has 1 amide bonds. The molecule has 5 rings (SSSR count). The Labute approximate surface area is 187 Å². The predicted molar refractivity (Wildman–Crippen MR) is 120 cm³/mol. The van der Waals surface area contributed by atoms with Gasteiger partial charge in [0.05, 0.1) is 15.8 Å². The van der Waals surface area contributed by atoms with Gasteiger partial charge in [-0.05, 0) is 62.2 Å². The fraction of sp³-hybridized carbons (Fsp3) is 0.208. The lowest BCUT2D eigenvalue weighted by atomic mass is 10.00. The molecule has 4 aromatic rings. The van der Waals surface area contributed by atoms with Crippen molar-refractivity contribution in [3.05, 3.63) is 82.4 Å². The van der Waals surface area contributed by atoms with Crippen LogP contribution in [0.25, 0.3) is 10.2 Å². The second-order valence-corrected chi connectivity index (χ2v) is 8.69. The van der Waals surface area contributed by atoms with E-state index in [1.54, 1.807) is 32.0 Å². The summed E-state index contributed by atoms with van der Waals surface area (Å²) >= 11 is 1.33. The van der Waals surface area contributed by atoms with E-state index in [4.69, 9.17) is 8.83 Å². The van der Waals surface area contributed by atoms with Gasteiger partial charge < -0.3 is 13.9 Å². The van der Waals surface area contributed by atoms with E-state index in [2.05, 4.69) is 11.9 Å². The van der Waals surface area contributed by atoms with E-state index < -0.39 is 23.5 Å². The minimum Gasteiger partial charge on any atom is -0.503 e. The first-order chi connectivity index (χ1) is 15.4. The van der Waals surface area contributed by atoms with Gasteiger partial charge in [-0.15, -0.1) is 0 Å². The van der Waals surface area contributed by atoms with Crippen LogP contribution in [0, 0.1) is 13.8 Å². The highest BCUT2D eigenvalue weighted by Gasteiger charge is 2.48. The van der Waals surface area contributed by atoms with Gasteiger partial charge in [0, 0.05) is 0 Å². The molecule has 1 unspecified atom stereocenters. The van der Waals surface area contributed by atoms with Gasteiger partial charge in [-0.25, -0.2) is 4.98 Å². The number of aryl methyl sites for hydroxylation is 3. The smallest absolute Gasteiger partial charge is 0.296 e. The zero-order valence-electron chi connectivity index (χ0n) is 17.7. The van der Waals surface area contributed by atoms with Gasteiger partial charge in [-0.2, -0.15) is 0 Å². The third-order valence-electron chi connectivity index (χ3n) is 5.50. The van der Waals surface area contributed by atoms with Crippen LogP contribution in [0.15, 0.2) is 62.6 Å². The van der Waals surface area contributed by atoms with Crippen molar-refractivity contribution in [2.45, 2.75) is 33.2 Å². The highest BCUT2D eigenvalue weighted by Crippen LogP contribution is 2.44. The van der Waals surface area contributed by atoms with E-state index in [-0.39, 0.29) is 11.3 Å². The largest absolute Gasteiger partial charge is 0.503 e. The van der Waals surface area contributed by atoms with E-state index in [1.165, 1.54) is 22.3 Å². The first kappa shape index (κ1) is 20.3. The Bertz CT molecular complexity index is 1410. The van der Waals surface area contributed by atoms with Gasteiger partial charge in [0.25, 0.3) is 5.91 Å². The molecule has 3 aromatic heterocycles. The summed E-state index contributed by atoms with van der Waals surface area (Å²) < 4.78 is 12.2. The van der Waals surface area contributed by atoms with Crippen molar-refractivity contribution in [1.29, 1.82) is 0 Å². The lowest BCUT2D eigenvalue weighted by Crippen LogP contribution is -2.30. The number of aliphatic hydroxyl groups excluding tert-OH is 1. The Balaban J connectivity index is 1.66. The van der Waals surface area contributed by atoms with Crippen molar-refractivity contribution in [1.82, 2.24) is 4.98 Å². The Morgan fingerprint density at radius 3 is 2.53 bits per heavy atom. The van der Waals surface area contributed by atoms with Crippen molar-refractivity contribution < 1.29 is 23.5 Å². The van der Waals surface area contributed by atoms with E-state index in [1.807, 2.05) is 18.2 Å². The summed E-state index contributed by atoms with van der Waals surface area (Å²) in [5.74, 6) is -0.319. The van der Waals surface area contributed by atoms with Gasteiger partial charge in [0.15, 0.2) is 16.7 Å². The van der Waals surface area contributed by atoms with Crippen LogP contribution in [0.1, 0.15) is 46.4 Å². The number of carbonyl (C=O) groups excluding carboxylic acids is 2. The minimum atomic E-state index is -0.958. The van der Waals surface area contributed by atoms with Crippen molar-refractivity contribution in [3.63, 3.8) is 0 Å². The van der Waals surface area contributed by atoms with Gasteiger partial charge in [-0.1, -0.05) is 24.3 Å². The maximum atomic E-state index is 13.3. The molecule has 0 saturated heterocycles. The summed E-state index contributed by atoms with van der Waals surface area (Å²) in [4.78, 5) is 32.4. The average Bonchev–Trinajstić information content (AvgIpc) is 3.54. The van der Waals surface area contributed by atoms with Crippen molar-refractivity contribution in [2.24, 2.45) is 0 Å². The van der Waals surface area contributed by atoms with Crippen LogP contribution < -0.4 is 4.90 Å². The number of aliphatic hydroxyl groups is 1. The number of ketones is 1. The Morgan fingerprint density at radius 1 is 1.12 bits per heavy atom. The molecule has 0 spiro atoms. The van der Waals surface area contributed by atoms with Crippen LogP contribution in [0.3, 0.4) is 0 Å². The number of hydrogen-bond acceptors (Lipinski definition) is 7. The quantitative estimate of drug-likeness (QED) is 0.408. The molecule has 0 bridgehead atoms. The zero-order valence-corrected chi connectivity index (χ0v) is 18.5. The summed E-state index contributed by atoms with van der Waals surface area (Å²) in [6.45, 7) is 5.56. The molecule has 8 heteroatoms. The molecule has 0 radical (unpaired) electrons. The molecule has 1 aliphatic rings. The number of aromatic nitrogens is 1. The fourth-order valence-electron chi connectivity index (χ4n) is 3.87. The fourth-order valence-corrected chi connectivity index (χ4v) is 4.93. The maximum absolute atomic E-state index is 13.3. The van der Waals surface area contributed by atoms with E-state index in [0.29, 0.717) is 22.4 Å². The lowest BCUT2D eigenvalue weighted by molar-refractivity contribution is -0.117. The van der Waals surface area contributed by atoms with Crippen LogP contribution in [0.2, 0.25) is 0 Å². The molecule has 0 aliphatic carbocycles. The molecule has 0 fully saturated rings. The molecule has 1 aliphatic heterocycles. The highest BCUT2D eigenvalue weighted by molar-refractivity contribution is 7.22. The third kappa shape index (κ3) is 3.15. The SMILES string of the molecule is CCc1ccc2nc(N3C(=O)C(O)=C(C(=O)c4ccc(C)o4)C3c3ccc(C)o3)sc2c1. The number of benzene rings is 1. The van der Waals surface area contributed by atoms with E-state index >= 15 is 0 Å². The summed E-state index contributed by atoms with van der Waals surface area (Å²) in [5, 5.41) is 11.2. The number of nitrogens with zero attached hydrogens (tertiary/aromatic N) is 2. The molecular formula is C24H20N2O5S. The number of furan rings is 2. The first-order valence-electron chi connectivity index (χ1n) is 10.2. The molecule has 7 nitrogen and oxygen atoms in total. The standard InChI is InChI=1S/C24H20N2O5S/c1-4-14-7-8-15-18(11-14)32-24(25-15)26-20(16-9-5-12(2)30-16)19(22(28)23(26)29)21(27)17-10-6-13(3)31-17/h5-11,20,28H,4H2,1-3H3. The van der Waals surface area contributed by atoms with Gasteiger partial charge in [0.1, 0.15) is 23.3 Å². The van der Waals surface area contributed by atoms with Crippen molar-refractivity contribution >= 4 is 38.4 Å². The Kier molecular flexibility index (Phi) is 4.74. The first-order valence-corrected chi connectivity index (χ1v) is 11.0. The normalized spacial score (nSPS) is 16.5. The van der Waals surface area contributed by atoms with E-state index in [0.717, 1.165) is 22.2 Å². The Morgan fingerprint density at radius 2 is 1.88 bits per heavy atom. The van der Waals surface area contributed by atoms with Crippen LogP contribution in [-0.4, -0.2) is 21.8 Å². The van der Waals surface area contributed by atoms with Crippen LogP contribution in [0.5, 0.6) is 0 Å². The van der Waals surface area contributed by atoms with Crippen LogP contribution in [0.4, 0.5) is 5.13 Å². The topological polar surface area (TPSA) is 96.8 Å². The summed E-state index contributed by atoms with van der Waals surface area (Å²) in [6, 6.07) is 11.6. The van der Waals surface area contributed by atoms with Crippen LogP contribution in [-0.2, 0) is 11.2 Å². The highest BCUT2D eigenvalue weighted by atomic mass is 32.1. The second kappa shape index (κ2) is 7.49. The minimum absolute atomic E-state index is 0.0452. The van der Waals surface area contributed by atoms with Crippen LogP contribution >= 0.6 is 11.3 Å².